The molecule has 2 heterocycles. The Morgan fingerprint density at radius 2 is 2.53 bits per heavy atom. The largest absolute Gasteiger partial charge is 0.384 e. The molecule has 17 heavy (non-hydrogen) atoms. The van der Waals surface area contributed by atoms with Crippen LogP contribution < -0.4 is 5.32 Å². The Morgan fingerprint density at radius 3 is 3.24 bits per heavy atom. The van der Waals surface area contributed by atoms with Crippen molar-refractivity contribution < 1.29 is 9.90 Å². The lowest BCUT2D eigenvalue weighted by Crippen LogP contribution is -2.11. The van der Waals surface area contributed by atoms with Gasteiger partial charge in [0.1, 0.15) is 6.61 Å². The molecule has 86 valence electrons. The molecule has 0 fully saturated rings. The molecule has 6 heteroatoms. The van der Waals surface area contributed by atoms with E-state index in [1.807, 2.05) is 0 Å². The van der Waals surface area contributed by atoms with Crippen molar-refractivity contribution in [1.82, 2.24) is 9.97 Å². The molecule has 0 aromatic carbocycles. The minimum atomic E-state index is -0.242. The van der Waals surface area contributed by atoms with E-state index in [4.69, 9.17) is 5.11 Å². The maximum absolute atomic E-state index is 11.7. The monoisotopic (exact) mass is 247 g/mol. The zero-order valence-electron chi connectivity index (χ0n) is 8.73. The number of aliphatic hydroxyl groups excluding tert-OH is 1. The van der Waals surface area contributed by atoms with Gasteiger partial charge in [-0.3, -0.25) is 10.1 Å². The minimum absolute atomic E-state index is 0.189. The number of aromatic amines is 1. The molecule has 5 nitrogen and oxygen atoms in total. The number of thiophene rings is 1. The van der Waals surface area contributed by atoms with Crippen LogP contribution in [0.3, 0.4) is 0 Å². The summed E-state index contributed by atoms with van der Waals surface area (Å²) in [6.45, 7) is -0.189. The number of hydrogen-bond acceptors (Lipinski definition) is 4. The first kappa shape index (κ1) is 11.4. The minimum Gasteiger partial charge on any atom is -0.384 e. The first-order valence-corrected chi connectivity index (χ1v) is 5.66. The molecule has 0 spiro atoms. The lowest BCUT2D eigenvalue weighted by Gasteiger charge is -1.97. The van der Waals surface area contributed by atoms with Gasteiger partial charge in [0.25, 0.3) is 5.91 Å². The molecule has 2 aromatic heterocycles. The number of aromatic nitrogens is 2. The van der Waals surface area contributed by atoms with Crippen molar-refractivity contribution in [3.8, 4) is 11.8 Å². The van der Waals surface area contributed by atoms with Crippen LogP contribution >= 0.6 is 11.3 Å². The van der Waals surface area contributed by atoms with Gasteiger partial charge in [0.15, 0.2) is 0 Å². The molecular weight excluding hydrogens is 238 g/mol. The summed E-state index contributed by atoms with van der Waals surface area (Å²) in [4.78, 5) is 19.1. The number of amides is 1. The van der Waals surface area contributed by atoms with Crippen molar-refractivity contribution in [2.24, 2.45) is 0 Å². The molecule has 0 bridgehead atoms. The summed E-state index contributed by atoms with van der Waals surface area (Å²) < 4.78 is 0. The van der Waals surface area contributed by atoms with Crippen molar-refractivity contribution >= 4 is 23.2 Å². The third-order valence-electron chi connectivity index (χ3n) is 1.88. The zero-order chi connectivity index (χ0) is 12.1. The van der Waals surface area contributed by atoms with Gasteiger partial charge < -0.3 is 10.1 Å². The molecule has 1 amide bonds. The molecule has 0 atom stereocenters. The van der Waals surface area contributed by atoms with E-state index in [0.29, 0.717) is 11.5 Å². The summed E-state index contributed by atoms with van der Waals surface area (Å²) in [7, 11) is 0. The first-order chi connectivity index (χ1) is 8.29. The van der Waals surface area contributed by atoms with E-state index in [1.54, 1.807) is 23.8 Å². The predicted octanol–water partition coefficient (Wildman–Crippen LogP) is 1.07. The molecule has 0 aliphatic carbocycles. The summed E-state index contributed by atoms with van der Waals surface area (Å²) in [5.74, 6) is 5.44. The number of anilines is 1. The van der Waals surface area contributed by atoms with Gasteiger partial charge in [-0.2, -0.15) is 0 Å². The van der Waals surface area contributed by atoms with Crippen LogP contribution in [0.4, 0.5) is 5.95 Å². The van der Waals surface area contributed by atoms with E-state index in [0.717, 1.165) is 4.88 Å². The number of aliphatic hydroxyl groups is 1. The van der Waals surface area contributed by atoms with Crippen molar-refractivity contribution in [2.45, 2.75) is 0 Å². The maximum Gasteiger partial charge on any atom is 0.258 e. The molecule has 0 radical (unpaired) electrons. The van der Waals surface area contributed by atoms with Crippen molar-refractivity contribution in [3.63, 3.8) is 0 Å². The van der Waals surface area contributed by atoms with E-state index in [9.17, 15) is 4.79 Å². The van der Waals surface area contributed by atoms with Gasteiger partial charge in [-0.25, -0.2) is 4.98 Å². The molecule has 0 saturated carbocycles. The van der Waals surface area contributed by atoms with Gasteiger partial charge in [0, 0.05) is 17.8 Å². The molecule has 3 N–H and O–H groups in total. The Morgan fingerprint density at radius 1 is 1.65 bits per heavy atom. The fourth-order valence-electron chi connectivity index (χ4n) is 1.16. The molecule has 0 unspecified atom stereocenters. The third kappa shape index (κ3) is 2.93. The second-order valence-electron chi connectivity index (χ2n) is 3.05. The summed E-state index contributed by atoms with van der Waals surface area (Å²) >= 11 is 1.35. The van der Waals surface area contributed by atoms with Gasteiger partial charge in [-0.05, 0) is 6.07 Å². The van der Waals surface area contributed by atoms with E-state index >= 15 is 0 Å². The van der Waals surface area contributed by atoms with Crippen LogP contribution in [0.1, 0.15) is 15.2 Å². The number of H-pyrrole nitrogens is 1. The van der Waals surface area contributed by atoms with Gasteiger partial charge >= 0.3 is 0 Å². The summed E-state index contributed by atoms with van der Waals surface area (Å²) in [5.41, 5.74) is 0.522. The Bertz CT molecular complexity index is 563. The number of nitrogens with zero attached hydrogens (tertiary/aromatic N) is 1. The quantitative estimate of drug-likeness (QED) is 0.694. The Hall–Kier alpha value is -2.10. The average molecular weight is 247 g/mol. The van der Waals surface area contributed by atoms with Crippen LogP contribution in [0.5, 0.6) is 0 Å². The highest BCUT2D eigenvalue weighted by Crippen LogP contribution is 2.14. The number of hydrogen-bond donors (Lipinski definition) is 3. The standard InChI is InChI=1S/C11H9N3O2S/c15-5-1-2-9-6-8(7-17-9)10(16)14-11-12-3-4-13-11/h3-4,6-7,15H,5H2,(H2,12,13,14,16). The fraction of sp³-hybridized carbons (Fsp3) is 0.0909. The third-order valence-corrected chi connectivity index (χ3v) is 2.73. The second kappa shape index (κ2) is 5.30. The van der Waals surface area contributed by atoms with Crippen LogP contribution in [-0.2, 0) is 0 Å². The van der Waals surface area contributed by atoms with Crippen molar-refractivity contribution in [3.05, 3.63) is 34.3 Å². The predicted molar refractivity (Wildman–Crippen MR) is 64.8 cm³/mol. The molecule has 2 aromatic rings. The Kier molecular flexibility index (Phi) is 3.55. The van der Waals surface area contributed by atoms with Crippen LogP contribution in [0.2, 0.25) is 0 Å². The van der Waals surface area contributed by atoms with Gasteiger partial charge in [-0.1, -0.05) is 11.8 Å². The Labute approximate surface area is 102 Å². The lowest BCUT2D eigenvalue weighted by molar-refractivity contribution is 0.102. The molecule has 2 rings (SSSR count). The summed E-state index contributed by atoms with van der Waals surface area (Å²) in [5, 5.41) is 12.9. The molecule has 0 aliphatic heterocycles. The highest BCUT2D eigenvalue weighted by Gasteiger charge is 2.09. The number of rotatable bonds is 2. The zero-order valence-corrected chi connectivity index (χ0v) is 9.54. The number of carbonyl (C=O) groups excluding carboxylic acids is 1. The number of carbonyl (C=O) groups is 1. The van der Waals surface area contributed by atoms with E-state index < -0.39 is 0 Å². The van der Waals surface area contributed by atoms with E-state index in [-0.39, 0.29) is 12.5 Å². The van der Waals surface area contributed by atoms with Gasteiger partial charge in [0.2, 0.25) is 5.95 Å². The first-order valence-electron chi connectivity index (χ1n) is 4.78. The molecule has 0 saturated heterocycles. The van der Waals surface area contributed by atoms with E-state index in [1.165, 1.54) is 11.3 Å². The number of imidazole rings is 1. The average Bonchev–Trinajstić information content (AvgIpc) is 2.96. The smallest absolute Gasteiger partial charge is 0.258 e. The van der Waals surface area contributed by atoms with Gasteiger partial charge in [-0.15, -0.1) is 11.3 Å². The normalized spacial score (nSPS) is 9.47. The van der Waals surface area contributed by atoms with Crippen LogP contribution in [0.25, 0.3) is 0 Å². The number of nitrogens with one attached hydrogen (secondary N) is 2. The fourth-order valence-corrected chi connectivity index (χ4v) is 1.92. The Balaban J connectivity index is 2.07. The SMILES string of the molecule is O=C(Nc1ncc[nH]1)c1csc(C#CCO)c1. The maximum atomic E-state index is 11.7. The topological polar surface area (TPSA) is 78.0 Å². The van der Waals surface area contributed by atoms with Crippen molar-refractivity contribution in [2.75, 3.05) is 11.9 Å². The summed E-state index contributed by atoms with van der Waals surface area (Å²) in [6, 6.07) is 1.67. The molecular formula is C11H9N3O2S. The second-order valence-corrected chi connectivity index (χ2v) is 3.96. The van der Waals surface area contributed by atoms with Crippen molar-refractivity contribution in [1.29, 1.82) is 0 Å². The van der Waals surface area contributed by atoms with Crippen LogP contribution in [0.15, 0.2) is 23.8 Å². The van der Waals surface area contributed by atoms with E-state index in [2.05, 4.69) is 27.1 Å². The van der Waals surface area contributed by atoms with Crippen LogP contribution in [0, 0.1) is 11.8 Å². The van der Waals surface area contributed by atoms with Gasteiger partial charge in [0.05, 0.1) is 10.4 Å². The highest BCUT2D eigenvalue weighted by atomic mass is 32.1. The lowest BCUT2D eigenvalue weighted by atomic mass is 10.3. The highest BCUT2D eigenvalue weighted by molar-refractivity contribution is 7.10. The van der Waals surface area contributed by atoms with Crippen LogP contribution in [-0.4, -0.2) is 27.6 Å². The summed E-state index contributed by atoms with van der Waals surface area (Å²) in [6.07, 6.45) is 3.18. The molecule has 0 aliphatic rings.